The first-order valence-electron chi connectivity index (χ1n) is 8.61. The smallest absolute Gasteiger partial charge is 0.163 e. The zero-order valence-electron chi connectivity index (χ0n) is 13.3. The highest BCUT2D eigenvalue weighted by atomic mass is 16.5. The van der Waals surface area contributed by atoms with Crippen LogP contribution in [-0.2, 0) is 6.42 Å². The zero-order chi connectivity index (χ0) is 14.9. The lowest BCUT2D eigenvalue weighted by Gasteiger charge is -2.10. The summed E-state index contributed by atoms with van der Waals surface area (Å²) in [5.41, 5.74) is 2.01. The van der Waals surface area contributed by atoms with Gasteiger partial charge in [-0.15, -0.1) is 0 Å². The minimum absolute atomic E-state index is 0.266. The van der Waals surface area contributed by atoms with Gasteiger partial charge in [-0.25, -0.2) is 0 Å². The molecule has 1 aromatic carbocycles. The lowest BCUT2D eigenvalue weighted by atomic mass is 10.1. The molecule has 0 fully saturated rings. The van der Waals surface area contributed by atoms with E-state index in [1.54, 1.807) is 0 Å². The van der Waals surface area contributed by atoms with Crippen LogP contribution in [0.3, 0.4) is 0 Å². The summed E-state index contributed by atoms with van der Waals surface area (Å²) in [4.78, 5) is 11.7. The molecule has 0 aliphatic heterocycles. The first kappa shape index (κ1) is 16.1. The van der Waals surface area contributed by atoms with E-state index in [0.29, 0.717) is 6.42 Å². The molecule has 0 amide bonds. The number of unbranched alkanes of at least 4 members (excludes halogenated alkanes) is 7. The lowest BCUT2D eigenvalue weighted by Crippen LogP contribution is -2.00. The molecule has 1 aliphatic rings. The number of benzene rings is 1. The molecule has 0 radical (unpaired) electrons. The highest BCUT2D eigenvalue weighted by molar-refractivity contribution is 6.01. The van der Waals surface area contributed by atoms with Gasteiger partial charge >= 0.3 is 0 Å². The number of rotatable bonds is 10. The summed E-state index contributed by atoms with van der Waals surface area (Å²) in [6.07, 6.45) is 12.0. The number of hydrogen-bond donors (Lipinski definition) is 0. The Balaban J connectivity index is 1.61. The molecule has 2 rings (SSSR count). The van der Waals surface area contributed by atoms with Crippen LogP contribution in [0.5, 0.6) is 5.75 Å². The van der Waals surface area contributed by atoms with E-state index in [-0.39, 0.29) is 5.78 Å². The van der Waals surface area contributed by atoms with E-state index in [1.807, 2.05) is 18.2 Å². The van der Waals surface area contributed by atoms with Crippen LogP contribution < -0.4 is 4.74 Å². The fraction of sp³-hybridized carbons (Fsp3) is 0.632. The van der Waals surface area contributed by atoms with E-state index in [9.17, 15) is 4.79 Å². The number of ketones is 1. The van der Waals surface area contributed by atoms with Crippen LogP contribution in [-0.4, -0.2) is 12.4 Å². The van der Waals surface area contributed by atoms with Crippen LogP contribution in [0, 0.1) is 0 Å². The molecule has 0 unspecified atom stereocenters. The van der Waals surface area contributed by atoms with Crippen molar-refractivity contribution in [1.29, 1.82) is 0 Å². The van der Waals surface area contributed by atoms with Gasteiger partial charge in [0.2, 0.25) is 0 Å². The first-order chi connectivity index (χ1) is 10.3. The molecule has 116 valence electrons. The molecule has 0 saturated carbocycles. The van der Waals surface area contributed by atoms with Gasteiger partial charge in [-0.3, -0.25) is 4.79 Å². The van der Waals surface area contributed by atoms with Crippen LogP contribution in [0.15, 0.2) is 18.2 Å². The van der Waals surface area contributed by atoms with Gasteiger partial charge in [-0.1, -0.05) is 64.0 Å². The van der Waals surface area contributed by atoms with E-state index >= 15 is 0 Å². The first-order valence-corrected chi connectivity index (χ1v) is 8.61. The summed E-state index contributed by atoms with van der Waals surface area (Å²) >= 11 is 0. The summed E-state index contributed by atoms with van der Waals surface area (Å²) in [5, 5.41) is 0. The molecule has 2 nitrogen and oxygen atoms in total. The highest BCUT2D eigenvalue weighted by Crippen LogP contribution is 2.30. The van der Waals surface area contributed by atoms with Gasteiger partial charge in [-0.2, -0.15) is 0 Å². The van der Waals surface area contributed by atoms with Crippen molar-refractivity contribution in [3.63, 3.8) is 0 Å². The van der Waals surface area contributed by atoms with Crippen molar-refractivity contribution in [2.45, 2.75) is 71.1 Å². The number of hydrogen-bond acceptors (Lipinski definition) is 2. The fourth-order valence-corrected chi connectivity index (χ4v) is 3.01. The molecule has 2 heteroatoms. The molecule has 0 heterocycles. The summed E-state index contributed by atoms with van der Waals surface area (Å²) in [7, 11) is 0. The second-order valence-electron chi connectivity index (χ2n) is 6.03. The van der Waals surface area contributed by atoms with Crippen molar-refractivity contribution in [3.8, 4) is 5.75 Å². The maximum Gasteiger partial charge on any atom is 0.163 e. The summed E-state index contributed by atoms with van der Waals surface area (Å²) < 4.78 is 5.89. The Bertz CT molecular complexity index is 451. The second kappa shape index (κ2) is 8.86. The van der Waals surface area contributed by atoms with Crippen LogP contribution in [0.1, 0.15) is 80.6 Å². The number of carbonyl (C=O) groups is 1. The number of fused-ring (bicyclic) bond motifs is 1. The number of ether oxygens (including phenoxy) is 1. The van der Waals surface area contributed by atoms with Crippen molar-refractivity contribution >= 4 is 5.78 Å². The predicted molar refractivity (Wildman–Crippen MR) is 87.2 cm³/mol. The molecule has 0 N–H and O–H groups in total. The standard InChI is InChI=1S/C19H28O2/c1-2-3-4-5-6-7-8-9-15-21-19-12-10-11-16-17(19)13-14-18(16)20/h10-12H,2-9,13-15H2,1H3. The van der Waals surface area contributed by atoms with E-state index in [4.69, 9.17) is 4.74 Å². The van der Waals surface area contributed by atoms with E-state index in [2.05, 4.69) is 6.92 Å². The summed E-state index contributed by atoms with van der Waals surface area (Å²) in [6, 6.07) is 5.86. The third kappa shape index (κ3) is 4.87. The van der Waals surface area contributed by atoms with Crippen LogP contribution in [0.2, 0.25) is 0 Å². The molecular weight excluding hydrogens is 260 g/mol. The Kier molecular flexibility index (Phi) is 6.78. The molecule has 0 atom stereocenters. The number of carbonyl (C=O) groups excluding carboxylic acids is 1. The molecule has 0 bridgehead atoms. The van der Waals surface area contributed by atoms with Crippen LogP contribution >= 0.6 is 0 Å². The lowest BCUT2D eigenvalue weighted by molar-refractivity contribution is 0.0994. The quantitative estimate of drug-likeness (QED) is 0.543. The molecule has 0 saturated heterocycles. The van der Waals surface area contributed by atoms with Gasteiger partial charge in [0.05, 0.1) is 6.61 Å². The van der Waals surface area contributed by atoms with Crippen LogP contribution in [0.4, 0.5) is 0 Å². The SMILES string of the molecule is CCCCCCCCCCOc1cccc2c1CCC2=O. The normalized spacial score (nSPS) is 13.5. The van der Waals surface area contributed by atoms with Gasteiger partial charge < -0.3 is 4.74 Å². The van der Waals surface area contributed by atoms with Gasteiger partial charge in [0.25, 0.3) is 0 Å². The Morgan fingerprint density at radius 2 is 1.67 bits per heavy atom. The zero-order valence-corrected chi connectivity index (χ0v) is 13.3. The Hall–Kier alpha value is -1.31. The minimum atomic E-state index is 0.266. The summed E-state index contributed by atoms with van der Waals surface area (Å²) in [6.45, 7) is 3.03. The van der Waals surface area contributed by atoms with Crippen LogP contribution in [0.25, 0.3) is 0 Å². The van der Waals surface area contributed by atoms with Crippen molar-refractivity contribution in [1.82, 2.24) is 0 Å². The Morgan fingerprint density at radius 1 is 0.952 bits per heavy atom. The molecule has 1 aromatic rings. The van der Waals surface area contributed by atoms with Gasteiger partial charge in [0.1, 0.15) is 5.75 Å². The summed E-state index contributed by atoms with van der Waals surface area (Å²) in [5.74, 6) is 1.20. The average molecular weight is 288 g/mol. The second-order valence-corrected chi connectivity index (χ2v) is 6.03. The van der Waals surface area contributed by atoms with Crippen molar-refractivity contribution in [3.05, 3.63) is 29.3 Å². The third-order valence-corrected chi connectivity index (χ3v) is 4.29. The Morgan fingerprint density at radius 3 is 2.43 bits per heavy atom. The fourth-order valence-electron chi connectivity index (χ4n) is 3.01. The maximum absolute atomic E-state index is 11.7. The molecular formula is C19H28O2. The van der Waals surface area contributed by atoms with E-state index < -0.39 is 0 Å². The third-order valence-electron chi connectivity index (χ3n) is 4.29. The van der Waals surface area contributed by atoms with Crippen molar-refractivity contribution in [2.75, 3.05) is 6.61 Å². The van der Waals surface area contributed by atoms with E-state index in [1.165, 1.54) is 44.9 Å². The topological polar surface area (TPSA) is 26.3 Å². The monoisotopic (exact) mass is 288 g/mol. The molecule has 21 heavy (non-hydrogen) atoms. The maximum atomic E-state index is 11.7. The largest absolute Gasteiger partial charge is 0.493 e. The average Bonchev–Trinajstić information content (AvgIpc) is 2.88. The van der Waals surface area contributed by atoms with Gasteiger partial charge in [0, 0.05) is 17.5 Å². The number of Topliss-reactive ketones (excluding diaryl/α,β-unsaturated/α-hetero) is 1. The van der Waals surface area contributed by atoms with E-state index in [0.717, 1.165) is 36.3 Å². The van der Waals surface area contributed by atoms with Crippen molar-refractivity contribution in [2.24, 2.45) is 0 Å². The van der Waals surface area contributed by atoms with Gasteiger partial charge in [0.15, 0.2) is 5.78 Å². The molecule has 0 spiro atoms. The molecule has 1 aliphatic carbocycles. The van der Waals surface area contributed by atoms with Gasteiger partial charge in [-0.05, 0) is 18.9 Å². The van der Waals surface area contributed by atoms with Crippen molar-refractivity contribution < 1.29 is 9.53 Å². The predicted octanol–water partition coefficient (Wildman–Crippen LogP) is 5.34. The highest BCUT2D eigenvalue weighted by Gasteiger charge is 2.22. The Labute approximate surface area is 128 Å². The minimum Gasteiger partial charge on any atom is -0.493 e. The molecule has 0 aromatic heterocycles.